The number of halogens is 4. The maximum atomic E-state index is 12.0. The van der Waals surface area contributed by atoms with Crippen LogP contribution in [0.1, 0.15) is 24.8 Å². The van der Waals surface area contributed by atoms with Gasteiger partial charge >= 0.3 is 5.97 Å². The second-order valence-corrected chi connectivity index (χ2v) is 8.32. The molecule has 0 bridgehead atoms. The molecule has 0 saturated heterocycles. The molecule has 0 heterocycles. The largest absolute Gasteiger partial charge is 0.456 e. The van der Waals surface area contributed by atoms with Gasteiger partial charge in [0.1, 0.15) is 0 Å². The van der Waals surface area contributed by atoms with E-state index in [1.165, 1.54) is 6.07 Å². The molecule has 0 saturated carbocycles. The van der Waals surface area contributed by atoms with Gasteiger partial charge in [-0.3, -0.25) is 14.4 Å². The first-order valence-corrected chi connectivity index (χ1v) is 10.7. The average Bonchev–Trinajstić information content (AvgIpc) is 2.69. The number of carbonyl (C=O) groups excluding carboxylic acids is 3. The molecule has 0 unspecified atom stereocenters. The highest BCUT2D eigenvalue weighted by Crippen LogP contribution is 2.31. The molecule has 2 amide bonds. The van der Waals surface area contributed by atoms with Gasteiger partial charge < -0.3 is 15.4 Å². The van der Waals surface area contributed by atoms with Crippen LogP contribution in [0.2, 0.25) is 15.1 Å². The van der Waals surface area contributed by atoms with E-state index >= 15 is 0 Å². The summed E-state index contributed by atoms with van der Waals surface area (Å²) in [5, 5.41) is 6.51. The SMILES string of the molecule is Cc1c(NC(=O)COC(=O)CCCC(=O)Nc2ccc(Cl)c(Cl)c2)ccc(Br)c1Cl. The van der Waals surface area contributed by atoms with Crippen molar-refractivity contribution in [2.24, 2.45) is 0 Å². The van der Waals surface area contributed by atoms with Gasteiger partial charge in [-0.25, -0.2) is 0 Å². The molecule has 2 aromatic carbocycles. The number of carbonyl (C=O) groups is 3. The summed E-state index contributed by atoms with van der Waals surface area (Å²) in [4.78, 5) is 35.7. The van der Waals surface area contributed by atoms with E-state index in [9.17, 15) is 14.4 Å². The van der Waals surface area contributed by atoms with Gasteiger partial charge in [-0.1, -0.05) is 34.8 Å². The molecular weight excluding hydrogens is 518 g/mol. The Morgan fingerprint density at radius 1 is 0.967 bits per heavy atom. The maximum absolute atomic E-state index is 12.0. The van der Waals surface area contributed by atoms with Crippen LogP contribution in [0.25, 0.3) is 0 Å². The summed E-state index contributed by atoms with van der Waals surface area (Å²) in [5.41, 5.74) is 1.74. The molecule has 30 heavy (non-hydrogen) atoms. The fourth-order valence-corrected chi connectivity index (χ4v) is 3.28. The first kappa shape index (κ1) is 24.5. The second-order valence-electron chi connectivity index (χ2n) is 6.27. The Morgan fingerprint density at radius 3 is 2.40 bits per heavy atom. The van der Waals surface area contributed by atoms with Crippen LogP contribution < -0.4 is 10.6 Å². The van der Waals surface area contributed by atoms with E-state index < -0.39 is 18.5 Å². The van der Waals surface area contributed by atoms with Crippen LogP contribution in [-0.2, 0) is 19.1 Å². The van der Waals surface area contributed by atoms with Gasteiger partial charge in [-0.2, -0.15) is 0 Å². The van der Waals surface area contributed by atoms with Crippen molar-refractivity contribution in [3.63, 3.8) is 0 Å². The van der Waals surface area contributed by atoms with E-state index in [0.29, 0.717) is 36.5 Å². The van der Waals surface area contributed by atoms with Crippen LogP contribution in [0.5, 0.6) is 0 Å². The Bertz CT molecular complexity index is 969. The van der Waals surface area contributed by atoms with Crippen LogP contribution in [-0.4, -0.2) is 24.4 Å². The van der Waals surface area contributed by atoms with Crippen LogP contribution >= 0.6 is 50.7 Å². The van der Waals surface area contributed by atoms with Crippen molar-refractivity contribution in [3.8, 4) is 0 Å². The molecule has 0 atom stereocenters. The molecular formula is C20H18BrCl3N2O4. The lowest BCUT2D eigenvalue weighted by Crippen LogP contribution is -2.21. The molecule has 0 aliphatic carbocycles. The van der Waals surface area contributed by atoms with Crippen molar-refractivity contribution in [1.82, 2.24) is 0 Å². The third-order valence-corrected chi connectivity index (χ3v) is 6.08. The van der Waals surface area contributed by atoms with E-state index in [4.69, 9.17) is 39.5 Å². The third kappa shape index (κ3) is 7.47. The predicted molar refractivity (Wildman–Crippen MR) is 122 cm³/mol. The van der Waals surface area contributed by atoms with Crippen molar-refractivity contribution in [3.05, 3.63) is 55.4 Å². The Balaban J connectivity index is 1.69. The zero-order valence-corrected chi connectivity index (χ0v) is 19.7. The standard InChI is InChI=1S/C20H18BrCl3N2O4/c1-11-16(8-6-13(21)20(11)24)26-18(28)10-30-19(29)4-2-3-17(27)25-12-5-7-14(22)15(23)9-12/h5-9H,2-4,10H2,1H3,(H,25,27)(H,26,28). The highest BCUT2D eigenvalue weighted by Gasteiger charge is 2.12. The number of anilines is 2. The molecule has 2 aromatic rings. The summed E-state index contributed by atoms with van der Waals surface area (Å²) >= 11 is 21.1. The van der Waals surface area contributed by atoms with Gasteiger partial charge in [0.15, 0.2) is 6.61 Å². The van der Waals surface area contributed by atoms with Gasteiger partial charge in [-0.05, 0) is 65.2 Å². The smallest absolute Gasteiger partial charge is 0.306 e. The predicted octanol–water partition coefficient (Wildman–Crippen LogP) is 6.01. The molecule has 2 rings (SSSR count). The first-order valence-electron chi connectivity index (χ1n) is 8.82. The van der Waals surface area contributed by atoms with Gasteiger partial charge in [0.2, 0.25) is 5.91 Å². The van der Waals surface area contributed by atoms with Crippen LogP contribution in [0, 0.1) is 6.92 Å². The minimum Gasteiger partial charge on any atom is -0.456 e. The number of hydrogen-bond donors (Lipinski definition) is 2. The molecule has 0 spiro atoms. The number of nitrogens with one attached hydrogen (secondary N) is 2. The number of rotatable bonds is 8. The monoisotopic (exact) mass is 534 g/mol. The number of ether oxygens (including phenoxy) is 1. The highest BCUT2D eigenvalue weighted by molar-refractivity contribution is 9.10. The highest BCUT2D eigenvalue weighted by atomic mass is 79.9. The lowest BCUT2D eigenvalue weighted by Gasteiger charge is -2.11. The van der Waals surface area contributed by atoms with Crippen molar-refractivity contribution in [2.75, 3.05) is 17.2 Å². The van der Waals surface area contributed by atoms with Crippen molar-refractivity contribution in [2.45, 2.75) is 26.2 Å². The summed E-state index contributed by atoms with van der Waals surface area (Å²) < 4.78 is 5.66. The van der Waals surface area contributed by atoms with Gasteiger partial charge in [0.25, 0.3) is 5.91 Å². The minimum atomic E-state index is -0.571. The summed E-state index contributed by atoms with van der Waals surface area (Å²) in [5.74, 6) is -1.33. The number of hydrogen-bond acceptors (Lipinski definition) is 4. The molecule has 10 heteroatoms. The minimum absolute atomic E-state index is 0.00517. The molecule has 0 aliphatic heterocycles. The quantitative estimate of drug-likeness (QED) is 0.405. The normalized spacial score (nSPS) is 10.4. The van der Waals surface area contributed by atoms with Crippen molar-refractivity contribution < 1.29 is 19.1 Å². The van der Waals surface area contributed by atoms with E-state index in [1.54, 1.807) is 31.2 Å². The van der Waals surface area contributed by atoms with E-state index in [2.05, 4.69) is 26.6 Å². The Labute approximate surface area is 197 Å². The summed E-state index contributed by atoms with van der Waals surface area (Å²) in [6.07, 6.45) is 0.387. The second kappa shape index (κ2) is 11.6. The van der Waals surface area contributed by atoms with Gasteiger partial charge in [-0.15, -0.1) is 0 Å². The number of benzene rings is 2. The molecule has 0 aliphatic rings. The summed E-state index contributed by atoms with van der Waals surface area (Å²) in [6.45, 7) is 1.33. The molecule has 0 fully saturated rings. The Morgan fingerprint density at radius 2 is 1.70 bits per heavy atom. The topological polar surface area (TPSA) is 84.5 Å². The Kier molecular flexibility index (Phi) is 9.42. The lowest BCUT2D eigenvalue weighted by molar-refractivity contribution is -0.147. The number of esters is 1. The van der Waals surface area contributed by atoms with E-state index in [1.807, 2.05) is 0 Å². The van der Waals surface area contributed by atoms with Crippen LogP contribution in [0.3, 0.4) is 0 Å². The average molecular weight is 537 g/mol. The summed E-state index contributed by atoms with van der Waals surface area (Å²) in [6, 6.07) is 8.14. The molecule has 160 valence electrons. The zero-order valence-electron chi connectivity index (χ0n) is 15.9. The fourth-order valence-electron chi connectivity index (χ4n) is 2.38. The van der Waals surface area contributed by atoms with Gasteiger partial charge in [0.05, 0.1) is 15.1 Å². The third-order valence-electron chi connectivity index (χ3n) is 3.97. The zero-order chi connectivity index (χ0) is 22.3. The van der Waals surface area contributed by atoms with Gasteiger partial charge in [0, 0.05) is 28.7 Å². The Hall–Kier alpha value is -1.80. The van der Waals surface area contributed by atoms with Crippen molar-refractivity contribution in [1.29, 1.82) is 0 Å². The maximum Gasteiger partial charge on any atom is 0.306 e. The molecule has 0 aromatic heterocycles. The molecule has 6 nitrogen and oxygen atoms in total. The summed E-state index contributed by atoms with van der Waals surface area (Å²) in [7, 11) is 0. The fraction of sp³-hybridized carbons (Fsp3) is 0.250. The van der Waals surface area contributed by atoms with Crippen LogP contribution in [0.4, 0.5) is 11.4 Å². The molecule has 2 N–H and O–H groups in total. The molecule has 0 radical (unpaired) electrons. The first-order chi connectivity index (χ1) is 14.2. The van der Waals surface area contributed by atoms with Crippen LogP contribution in [0.15, 0.2) is 34.8 Å². The van der Waals surface area contributed by atoms with Crippen molar-refractivity contribution >= 4 is 79.9 Å². The lowest BCUT2D eigenvalue weighted by atomic mass is 10.2. The van der Waals surface area contributed by atoms with E-state index in [0.717, 1.165) is 0 Å². The number of amides is 2. The van der Waals surface area contributed by atoms with E-state index in [-0.39, 0.29) is 25.2 Å².